The van der Waals surface area contributed by atoms with Crippen LogP contribution in [0.4, 0.5) is 0 Å². The van der Waals surface area contributed by atoms with E-state index in [1.165, 1.54) is 20.3 Å². The molecule has 0 saturated carbocycles. The molecule has 2 aliphatic rings. The van der Waals surface area contributed by atoms with Crippen molar-refractivity contribution in [2.24, 2.45) is 11.8 Å². The van der Waals surface area contributed by atoms with Crippen LogP contribution < -0.4 is 0 Å². The van der Waals surface area contributed by atoms with Gasteiger partial charge in [-0.25, -0.2) is 0 Å². The summed E-state index contributed by atoms with van der Waals surface area (Å²) >= 11 is 0. The minimum Gasteiger partial charge on any atom is -0.466 e. The van der Waals surface area contributed by atoms with Gasteiger partial charge in [0.05, 0.1) is 12.5 Å². The molecular weight excluding hydrogens is 424 g/mol. The quantitative estimate of drug-likeness (QED) is 0.174. The Balaban J connectivity index is 2.26. The summed E-state index contributed by atoms with van der Waals surface area (Å²) in [4.78, 5) is 48.9. The summed E-state index contributed by atoms with van der Waals surface area (Å²) in [5.74, 6) is -2.71. The number of hydrogen-bond acceptors (Lipinski definition) is 7. The van der Waals surface area contributed by atoms with E-state index in [0.29, 0.717) is 12.0 Å². The maximum Gasteiger partial charge on any atom is 0.305 e. The van der Waals surface area contributed by atoms with E-state index >= 15 is 0 Å². The summed E-state index contributed by atoms with van der Waals surface area (Å²) in [6.45, 7) is 6.73. The molecule has 0 spiro atoms. The lowest BCUT2D eigenvalue weighted by molar-refractivity contribution is -0.160. The molecule has 0 aromatic rings. The first-order chi connectivity index (χ1) is 15.7. The van der Waals surface area contributed by atoms with E-state index in [2.05, 4.69) is 13.0 Å². The number of ketones is 1. The molecule has 0 aromatic carbocycles. The molecule has 7 nitrogen and oxygen atoms in total. The second-order valence-electron chi connectivity index (χ2n) is 8.51. The van der Waals surface area contributed by atoms with Crippen LogP contribution in [0, 0.1) is 11.8 Å². The van der Waals surface area contributed by atoms with Gasteiger partial charge >= 0.3 is 17.9 Å². The van der Waals surface area contributed by atoms with Crippen molar-refractivity contribution in [2.75, 3.05) is 6.61 Å². The molecule has 0 saturated heterocycles. The molecule has 0 aliphatic heterocycles. The van der Waals surface area contributed by atoms with Crippen molar-refractivity contribution in [3.05, 3.63) is 36.0 Å². The maximum absolute atomic E-state index is 13.4. The van der Waals surface area contributed by atoms with Crippen LogP contribution in [0.15, 0.2) is 36.0 Å². The Bertz CT molecular complexity index is 822. The van der Waals surface area contributed by atoms with Gasteiger partial charge in [0.15, 0.2) is 5.78 Å². The van der Waals surface area contributed by atoms with E-state index in [0.717, 1.165) is 19.3 Å². The molecule has 7 heteroatoms. The Kier molecular flexibility index (Phi) is 10.1. The third-order valence-corrected chi connectivity index (χ3v) is 5.96. The lowest BCUT2D eigenvalue weighted by Gasteiger charge is -2.35. The number of hydrogen-bond donors (Lipinski definition) is 0. The van der Waals surface area contributed by atoms with Gasteiger partial charge in [-0.1, -0.05) is 44.1 Å². The molecular formula is C26H36O7. The van der Waals surface area contributed by atoms with E-state index in [1.54, 1.807) is 19.1 Å². The monoisotopic (exact) mass is 460 g/mol. The summed E-state index contributed by atoms with van der Waals surface area (Å²) in [7, 11) is 0. The van der Waals surface area contributed by atoms with Gasteiger partial charge < -0.3 is 14.2 Å². The number of Topliss-reactive ketones (excluding diaryl/α,β-unsaturated/α-hetero) is 1. The lowest BCUT2D eigenvalue weighted by atomic mass is 9.76. The lowest BCUT2D eigenvalue weighted by Crippen LogP contribution is -2.47. The van der Waals surface area contributed by atoms with E-state index < -0.39 is 35.5 Å². The number of rotatable bonds is 13. The fourth-order valence-corrected chi connectivity index (χ4v) is 4.49. The van der Waals surface area contributed by atoms with Crippen LogP contribution in [0.2, 0.25) is 0 Å². The maximum atomic E-state index is 13.4. The zero-order valence-electron chi connectivity index (χ0n) is 20.1. The van der Waals surface area contributed by atoms with Crippen molar-refractivity contribution in [1.29, 1.82) is 0 Å². The highest BCUT2D eigenvalue weighted by molar-refractivity contribution is 6.02. The van der Waals surface area contributed by atoms with Crippen molar-refractivity contribution < 1.29 is 33.4 Å². The standard InChI is InChI=1S/C26H36O7/c1-5-7-8-9-10-11-12-20-17-22-21(15-16-26(20,25(22)30)33-19(4)28)23(32-18(3)27)13-14-24(29)31-6-2/h10-11,15-17,21-23H,5-9,12-14H2,1-4H3/b11-10+/t21?,22-,23-,26-/m0/s1. The molecule has 0 N–H and O–H groups in total. The Morgan fingerprint density at radius 3 is 2.52 bits per heavy atom. The zero-order chi connectivity index (χ0) is 24.4. The number of esters is 3. The van der Waals surface area contributed by atoms with Crippen LogP contribution >= 0.6 is 0 Å². The third kappa shape index (κ3) is 6.89. The highest BCUT2D eigenvalue weighted by atomic mass is 16.6. The van der Waals surface area contributed by atoms with Crippen LogP contribution in [0.25, 0.3) is 0 Å². The molecule has 2 rings (SSSR count). The molecule has 0 fully saturated rings. The van der Waals surface area contributed by atoms with Crippen molar-refractivity contribution in [2.45, 2.75) is 84.3 Å². The van der Waals surface area contributed by atoms with E-state index in [-0.39, 0.29) is 31.2 Å². The summed E-state index contributed by atoms with van der Waals surface area (Å²) in [6.07, 6.45) is 13.8. The predicted octanol–water partition coefficient (Wildman–Crippen LogP) is 4.40. The summed E-state index contributed by atoms with van der Waals surface area (Å²) in [5.41, 5.74) is -0.701. The second kappa shape index (κ2) is 12.5. The van der Waals surface area contributed by atoms with Crippen molar-refractivity contribution >= 4 is 23.7 Å². The van der Waals surface area contributed by atoms with Gasteiger partial charge in [-0.15, -0.1) is 0 Å². The molecule has 0 heterocycles. The van der Waals surface area contributed by atoms with Crippen LogP contribution in [0.1, 0.15) is 72.6 Å². The van der Waals surface area contributed by atoms with Gasteiger partial charge in [0.2, 0.25) is 5.60 Å². The van der Waals surface area contributed by atoms with Gasteiger partial charge in [0.25, 0.3) is 0 Å². The predicted molar refractivity (Wildman–Crippen MR) is 123 cm³/mol. The Labute approximate surface area is 196 Å². The molecule has 33 heavy (non-hydrogen) atoms. The van der Waals surface area contributed by atoms with Gasteiger partial charge in [-0.05, 0) is 44.3 Å². The highest BCUT2D eigenvalue weighted by Crippen LogP contribution is 2.46. The van der Waals surface area contributed by atoms with Crippen molar-refractivity contribution in [3.8, 4) is 0 Å². The number of unbranched alkanes of at least 4 members (excludes halogenated alkanes) is 3. The second-order valence-corrected chi connectivity index (χ2v) is 8.51. The third-order valence-electron chi connectivity index (χ3n) is 5.96. The average molecular weight is 461 g/mol. The number of carbonyl (C=O) groups is 4. The van der Waals surface area contributed by atoms with Gasteiger partial charge in [-0.2, -0.15) is 0 Å². The van der Waals surface area contributed by atoms with Crippen LogP contribution in [-0.2, 0) is 33.4 Å². The van der Waals surface area contributed by atoms with Gasteiger partial charge in [0, 0.05) is 26.2 Å². The first kappa shape index (κ1) is 26.6. The largest absolute Gasteiger partial charge is 0.466 e. The topological polar surface area (TPSA) is 96.0 Å². The number of allylic oxidation sites excluding steroid dienone is 3. The first-order valence-electron chi connectivity index (χ1n) is 11.9. The fraction of sp³-hybridized carbons (Fsp3) is 0.615. The highest BCUT2D eigenvalue weighted by Gasteiger charge is 2.56. The number of ether oxygens (including phenoxy) is 3. The average Bonchev–Trinajstić information content (AvgIpc) is 2.89. The van der Waals surface area contributed by atoms with Crippen molar-refractivity contribution in [1.82, 2.24) is 0 Å². The Morgan fingerprint density at radius 2 is 1.88 bits per heavy atom. The van der Waals surface area contributed by atoms with Crippen molar-refractivity contribution in [3.63, 3.8) is 0 Å². The fourth-order valence-electron chi connectivity index (χ4n) is 4.49. The summed E-state index contributed by atoms with van der Waals surface area (Å²) < 4.78 is 16.1. The first-order valence-corrected chi connectivity index (χ1v) is 11.9. The van der Waals surface area contributed by atoms with Gasteiger partial charge in [-0.3, -0.25) is 19.2 Å². The molecule has 1 unspecified atom stereocenters. The normalized spacial score (nSPS) is 24.5. The zero-order valence-corrected chi connectivity index (χ0v) is 20.1. The molecule has 2 aliphatic carbocycles. The van der Waals surface area contributed by atoms with Gasteiger partial charge in [0.1, 0.15) is 6.10 Å². The number of fused-ring (bicyclic) bond motifs is 2. The smallest absolute Gasteiger partial charge is 0.305 e. The van der Waals surface area contributed by atoms with Crippen LogP contribution in [-0.4, -0.2) is 42.0 Å². The van der Waals surface area contributed by atoms with E-state index in [1.807, 2.05) is 12.2 Å². The van der Waals surface area contributed by atoms with Crippen LogP contribution in [0.3, 0.4) is 0 Å². The molecule has 0 aromatic heterocycles. The molecule has 182 valence electrons. The van der Waals surface area contributed by atoms with E-state index in [4.69, 9.17) is 14.2 Å². The SMILES string of the molecule is CCCCC/C=C/CC1=C[C@@H]2C(=O)[C@]1(OC(C)=O)C=CC2[C@H](CCC(=O)OCC)OC(C)=O. The van der Waals surface area contributed by atoms with E-state index in [9.17, 15) is 19.2 Å². The summed E-state index contributed by atoms with van der Waals surface area (Å²) in [5, 5.41) is 0. The number of carbonyl (C=O) groups excluding carboxylic acids is 4. The molecule has 0 radical (unpaired) electrons. The molecule has 0 amide bonds. The molecule has 4 atom stereocenters. The summed E-state index contributed by atoms with van der Waals surface area (Å²) in [6, 6.07) is 0. The minimum absolute atomic E-state index is 0.0726. The minimum atomic E-state index is -1.41. The Morgan fingerprint density at radius 1 is 1.12 bits per heavy atom. The van der Waals surface area contributed by atoms with Crippen LogP contribution in [0.5, 0.6) is 0 Å². The molecule has 2 bridgehead atoms. The Hall–Kier alpha value is -2.70.